The number of aryl methyl sites for hydroxylation is 2. The fraction of sp³-hybridized carbons (Fsp3) is 0.200. The number of nitrogens with one attached hydrogen (secondary N) is 1. The van der Waals surface area contributed by atoms with Crippen LogP contribution in [0.2, 0.25) is 0 Å². The highest BCUT2D eigenvalue weighted by atomic mass is 16.6. The maximum absolute atomic E-state index is 12.7. The van der Waals surface area contributed by atoms with Crippen molar-refractivity contribution < 1.29 is 4.92 Å². The number of hydrogen-bond donors (Lipinski definition) is 1. The van der Waals surface area contributed by atoms with Gasteiger partial charge in [0.25, 0.3) is 11.2 Å². The highest BCUT2D eigenvalue weighted by Crippen LogP contribution is 2.23. The first-order chi connectivity index (χ1) is 12.4. The Morgan fingerprint density at radius 2 is 1.88 bits per heavy atom. The molecule has 0 saturated carbocycles. The molecule has 2 aromatic heterocycles. The van der Waals surface area contributed by atoms with E-state index in [9.17, 15) is 19.7 Å². The molecule has 26 heavy (non-hydrogen) atoms. The van der Waals surface area contributed by atoms with E-state index in [4.69, 9.17) is 0 Å². The summed E-state index contributed by atoms with van der Waals surface area (Å²) in [5.41, 5.74) is 2.39. The Kier molecular flexibility index (Phi) is 4.12. The third-order valence-electron chi connectivity index (χ3n) is 4.04. The summed E-state index contributed by atoms with van der Waals surface area (Å²) in [6.07, 6.45) is 0. The van der Waals surface area contributed by atoms with Crippen LogP contribution in [0.5, 0.6) is 0 Å². The van der Waals surface area contributed by atoms with Crippen LogP contribution < -0.4 is 16.7 Å². The molecular weight excluding hydrogens is 342 g/mol. The summed E-state index contributed by atoms with van der Waals surface area (Å²) in [4.78, 5) is 39.8. The van der Waals surface area contributed by atoms with Crippen LogP contribution in [0.1, 0.15) is 0 Å². The lowest BCUT2D eigenvalue weighted by Crippen LogP contribution is -2.42. The molecule has 11 heteroatoms. The van der Waals surface area contributed by atoms with Crippen molar-refractivity contribution >= 4 is 23.6 Å². The first kappa shape index (κ1) is 17.1. The molecule has 0 bridgehead atoms. The zero-order valence-electron chi connectivity index (χ0n) is 14.0. The maximum atomic E-state index is 12.7. The summed E-state index contributed by atoms with van der Waals surface area (Å²) >= 11 is 0. The molecular formula is C15H15N7O4. The molecule has 3 rings (SSSR count). The summed E-state index contributed by atoms with van der Waals surface area (Å²) in [5.74, 6) is 0.412. The second-order valence-corrected chi connectivity index (χ2v) is 5.52. The highest BCUT2D eigenvalue weighted by molar-refractivity contribution is 5.77. The van der Waals surface area contributed by atoms with Crippen molar-refractivity contribution in [1.82, 2.24) is 24.1 Å². The number of nitro benzene ring substituents is 1. The molecule has 0 radical (unpaired) electrons. The largest absolute Gasteiger partial charge is 0.334 e. The van der Waals surface area contributed by atoms with Crippen LogP contribution >= 0.6 is 0 Å². The van der Waals surface area contributed by atoms with Crippen LogP contribution in [0, 0.1) is 10.1 Å². The normalized spacial score (nSPS) is 10.8. The van der Waals surface area contributed by atoms with Gasteiger partial charge in [0.1, 0.15) is 12.5 Å². The number of nitrogens with zero attached hydrogens (tertiary/aromatic N) is 6. The third kappa shape index (κ3) is 2.55. The van der Waals surface area contributed by atoms with Gasteiger partial charge in [-0.25, -0.2) is 14.3 Å². The highest BCUT2D eigenvalue weighted by Gasteiger charge is 2.19. The van der Waals surface area contributed by atoms with Crippen LogP contribution in [0.3, 0.4) is 0 Å². The minimum atomic E-state index is -0.549. The molecule has 0 fully saturated rings. The first-order valence-corrected chi connectivity index (χ1v) is 7.46. The molecule has 0 aliphatic rings. The predicted molar refractivity (Wildman–Crippen MR) is 95.0 cm³/mol. The monoisotopic (exact) mass is 357 g/mol. The SMILES string of the molecule is C=NNCn1c(=O)c2c(nc(-c3ccc([N+](=O)[O-])cc3)n2C)n(C)c1=O. The molecule has 0 amide bonds. The van der Waals surface area contributed by atoms with Gasteiger partial charge in [-0.3, -0.25) is 24.9 Å². The Morgan fingerprint density at radius 1 is 1.23 bits per heavy atom. The molecule has 0 aliphatic carbocycles. The number of non-ortho nitro benzene ring substituents is 1. The van der Waals surface area contributed by atoms with E-state index in [0.29, 0.717) is 11.4 Å². The van der Waals surface area contributed by atoms with Gasteiger partial charge in [-0.15, -0.1) is 0 Å². The van der Waals surface area contributed by atoms with Gasteiger partial charge >= 0.3 is 5.69 Å². The van der Waals surface area contributed by atoms with E-state index < -0.39 is 16.2 Å². The molecule has 0 unspecified atom stereocenters. The summed E-state index contributed by atoms with van der Waals surface area (Å²) < 4.78 is 3.80. The number of nitro groups is 1. The van der Waals surface area contributed by atoms with Crippen molar-refractivity contribution in [2.24, 2.45) is 19.2 Å². The van der Waals surface area contributed by atoms with Gasteiger partial charge in [0, 0.05) is 38.5 Å². The lowest BCUT2D eigenvalue weighted by molar-refractivity contribution is -0.384. The summed E-state index contributed by atoms with van der Waals surface area (Å²) in [6, 6.07) is 5.79. The number of aromatic nitrogens is 4. The number of fused-ring (bicyclic) bond motifs is 1. The molecule has 1 aromatic carbocycles. The Hall–Kier alpha value is -3.76. The smallest absolute Gasteiger partial charge is 0.321 e. The Morgan fingerprint density at radius 3 is 2.46 bits per heavy atom. The topological polar surface area (TPSA) is 129 Å². The van der Waals surface area contributed by atoms with Crippen LogP contribution in [0.4, 0.5) is 5.69 Å². The zero-order chi connectivity index (χ0) is 19.0. The second-order valence-electron chi connectivity index (χ2n) is 5.52. The van der Waals surface area contributed by atoms with Crippen LogP contribution in [0.25, 0.3) is 22.6 Å². The average molecular weight is 357 g/mol. The lowest BCUT2D eigenvalue weighted by Gasteiger charge is -2.07. The molecule has 1 N–H and O–H groups in total. The Balaban J connectivity index is 2.25. The van der Waals surface area contributed by atoms with Crippen molar-refractivity contribution in [1.29, 1.82) is 0 Å². The minimum Gasteiger partial charge on any atom is -0.321 e. The van der Waals surface area contributed by atoms with E-state index in [1.807, 2.05) is 0 Å². The molecule has 3 aromatic rings. The van der Waals surface area contributed by atoms with Gasteiger partial charge in [-0.2, -0.15) is 5.10 Å². The van der Waals surface area contributed by atoms with E-state index in [-0.39, 0.29) is 23.5 Å². The van der Waals surface area contributed by atoms with E-state index in [2.05, 4.69) is 22.2 Å². The minimum absolute atomic E-state index is 0.0507. The number of hydrogen-bond acceptors (Lipinski definition) is 7. The van der Waals surface area contributed by atoms with Gasteiger partial charge in [-0.1, -0.05) is 0 Å². The van der Waals surface area contributed by atoms with Crippen LogP contribution in [0.15, 0.2) is 39.0 Å². The van der Waals surface area contributed by atoms with Crippen LogP contribution in [-0.2, 0) is 20.8 Å². The van der Waals surface area contributed by atoms with Gasteiger partial charge in [-0.05, 0) is 12.1 Å². The van der Waals surface area contributed by atoms with Crippen molar-refractivity contribution in [3.8, 4) is 11.4 Å². The fourth-order valence-electron chi connectivity index (χ4n) is 2.69. The van der Waals surface area contributed by atoms with Gasteiger partial charge in [0.2, 0.25) is 0 Å². The molecule has 11 nitrogen and oxygen atoms in total. The second kappa shape index (κ2) is 6.27. The molecule has 0 saturated heterocycles. The maximum Gasteiger partial charge on any atom is 0.334 e. The predicted octanol–water partition coefficient (Wildman–Crippen LogP) is 0.172. The Bertz CT molecular complexity index is 1140. The van der Waals surface area contributed by atoms with E-state index in [1.165, 1.54) is 23.7 Å². The molecule has 0 atom stereocenters. The summed E-state index contributed by atoms with van der Waals surface area (Å²) in [5, 5.41) is 14.2. The van der Waals surface area contributed by atoms with Crippen molar-refractivity contribution in [2.75, 3.05) is 0 Å². The van der Waals surface area contributed by atoms with Crippen LogP contribution in [-0.4, -0.2) is 30.3 Å². The fourth-order valence-corrected chi connectivity index (χ4v) is 2.69. The summed E-state index contributed by atoms with van der Waals surface area (Å²) in [7, 11) is 3.15. The standard InChI is InChI=1S/C15H15N7O4/c1-16-17-8-21-14(23)11-13(20(3)15(21)24)18-12(19(11)2)9-4-6-10(7-5-9)22(25)26/h4-7,17H,1,8H2,2-3H3. The molecule has 2 heterocycles. The van der Waals surface area contributed by atoms with Gasteiger partial charge in [0.15, 0.2) is 11.2 Å². The van der Waals surface area contributed by atoms with E-state index in [1.54, 1.807) is 23.7 Å². The van der Waals surface area contributed by atoms with Crippen molar-refractivity contribution in [2.45, 2.75) is 6.67 Å². The van der Waals surface area contributed by atoms with Crippen molar-refractivity contribution in [3.63, 3.8) is 0 Å². The Labute approximate surface area is 146 Å². The number of hydrazone groups is 1. The average Bonchev–Trinajstić information content (AvgIpc) is 2.97. The van der Waals surface area contributed by atoms with E-state index in [0.717, 1.165) is 4.57 Å². The molecule has 0 spiro atoms. The quantitative estimate of drug-likeness (QED) is 0.394. The zero-order valence-corrected chi connectivity index (χ0v) is 14.0. The summed E-state index contributed by atoms with van der Waals surface area (Å²) in [6.45, 7) is 3.13. The number of benzene rings is 1. The third-order valence-corrected chi connectivity index (χ3v) is 4.04. The first-order valence-electron chi connectivity index (χ1n) is 7.46. The molecule has 0 aliphatic heterocycles. The lowest BCUT2D eigenvalue weighted by atomic mass is 10.2. The number of imidazole rings is 1. The number of rotatable bonds is 5. The molecule has 134 valence electrons. The van der Waals surface area contributed by atoms with Gasteiger partial charge < -0.3 is 4.57 Å². The van der Waals surface area contributed by atoms with Gasteiger partial charge in [0.05, 0.1) is 4.92 Å². The van der Waals surface area contributed by atoms with Crippen molar-refractivity contribution in [3.05, 3.63) is 55.2 Å². The van der Waals surface area contributed by atoms with E-state index >= 15 is 0 Å².